The van der Waals surface area contributed by atoms with Crippen molar-refractivity contribution in [2.75, 3.05) is 31.7 Å². The van der Waals surface area contributed by atoms with E-state index >= 15 is 0 Å². The van der Waals surface area contributed by atoms with Gasteiger partial charge in [-0.2, -0.15) is 0 Å². The molecule has 1 aromatic rings. The highest BCUT2D eigenvalue weighted by Gasteiger charge is 2.10. The molecular weight excluding hydrogens is 256 g/mol. The van der Waals surface area contributed by atoms with Crippen molar-refractivity contribution in [2.45, 2.75) is 26.3 Å². The van der Waals surface area contributed by atoms with Gasteiger partial charge in [0.2, 0.25) is 0 Å². The van der Waals surface area contributed by atoms with E-state index in [-0.39, 0.29) is 18.6 Å². The largest absolute Gasteiger partial charge is 0.394 e. The van der Waals surface area contributed by atoms with Crippen LogP contribution in [0.2, 0.25) is 0 Å². The minimum absolute atomic E-state index is 0.0284. The number of hydrogen-bond donors (Lipinski definition) is 3. The third-order valence-corrected chi connectivity index (χ3v) is 2.60. The molecule has 0 spiro atoms. The zero-order valence-corrected chi connectivity index (χ0v) is 12.2. The van der Waals surface area contributed by atoms with Crippen LogP contribution in [0.4, 0.5) is 5.69 Å². The van der Waals surface area contributed by atoms with Crippen molar-refractivity contribution in [3.05, 3.63) is 29.8 Å². The van der Waals surface area contributed by atoms with E-state index in [1.165, 1.54) is 0 Å². The maximum Gasteiger partial charge on any atom is 0.253 e. The summed E-state index contributed by atoms with van der Waals surface area (Å²) in [6.45, 7) is 5.53. The van der Waals surface area contributed by atoms with E-state index in [1.54, 1.807) is 0 Å². The smallest absolute Gasteiger partial charge is 0.253 e. The number of anilines is 1. The molecule has 0 aromatic heterocycles. The lowest BCUT2D eigenvalue weighted by Crippen LogP contribution is -2.26. The van der Waals surface area contributed by atoms with Crippen molar-refractivity contribution in [3.8, 4) is 0 Å². The Kier molecular flexibility index (Phi) is 7.69. The van der Waals surface area contributed by atoms with Gasteiger partial charge in [0.25, 0.3) is 5.91 Å². The molecule has 0 bridgehead atoms. The van der Waals surface area contributed by atoms with Crippen molar-refractivity contribution in [1.82, 2.24) is 5.32 Å². The SMILES string of the molecule is CC(C)Nc1ccccc1C(=O)NCCCOCCO. The normalized spacial score (nSPS) is 10.6. The molecule has 0 atom stereocenters. The quantitative estimate of drug-likeness (QED) is 0.601. The molecule has 1 aromatic carbocycles. The first-order valence-electron chi connectivity index (χ1n) is 6.97. The van der Waals surface area contributed by atoms with Gasteiger partial charge in [-0.25, -0.2) is 0 Å². The number of aliphatic hydroxyl groups is 1. The first-order chi connectivity index (χ1) is 9.65. The monoisotopic (exact) mass is 280 g/mol. The lowest BCUT2D eigenvalue weighted by molar-refractivity contribution is 0.0868. The number of carbonyl (C=O) groups excluding carboxylic acids is 1. The van der Waals surface area contributed by atoms with Crippen LogP contribution in [0, 0.1) is 0 Å². The fourth-order valence-electron chi connectivity index (χ4n) is 1.76. The summed E-state index contributed by atoms with van der Waals surface area (Å²) in [4.78, 5) is 12.1. The van der Waals surface area contributed by atoms with Crippen molar-refractivity contribution in [1.29, 1.82) is 0 Å². The number of para-hydroxylation sites is 1. The van der Waals surface area contributed by atoms with Gasteiger partial charge in [0, 0.05) is 24.9 Å². The summed E-state index contributed by atoms with van der Waals surface area (Å²) >= 11 is 0. The molecule has 0 aliphatic rings. The van der Waals surface area contributed by atoms with Crippen LogP contribution in [0.5, 0.6) is 0 Å². The average molecular weight is 280 g/mol. The summed E-state index contributed by atoms with van der Waals surface area (Å²) in [6.07, 6.45) is 0.728. The van der Waals surface area contributed by atoms with E-state index < -0.39 is 0 Å². The van der Waals surface area contributed by atoms with E-state index in [0.717, 1.165) is 12.1 Å². The first-order valence-corrected chi connectivity index (χ1v) is 6.97. The third-order valence-electron chi connectivity index (χ3n) is 2.60. The van der Waals surface area contributed by atoms with E-state index in [2.05, 4.69) is 10.6 Å². The van der Waals surface area contributed by atoms with Crippen LogP contribution < -0.4 is 10.6 Å². The molecule has 1 amide bonds. The zero-order chi connectivity index (χ0) is 14.8. The molecule has 0 saturated heterocycles. The second-order valence-corrected chi connectivity index (χ2v) is 4.79. The highest BCUT2D eigenvalue weighted by Crippen LogP contribution is 2.15. The Morgan fingerprint density at radius 1 is 1.30 bits per heavy atom. The number of amides is 1. The van der Waals surface area contributed by atoms with Gasteiger partial charge >= 0.3 is 0 Å². The maximum atomic E-state index is 12.1. The molecular formula is C15H24N2O3. The topological polar surface area (TPSA) is 70.6 Å². The molecule has 5 nitrogen and oxygen atoms in total. The van der Waals surface area contributed by atoms with Crippen LogP contribution in [0.15, 0.2) is 24.3 Å². The number of hydrogen-bond acceptors (Lipinski definition) is 4. The second-order valence-electron chi connectivity index (χ2n) is 4.79. The average Bonchev–Trinajstić information content (AvgIpc) is 2.42. The number of benzene rings is 1. The van der Waals surface area contributed by atoms with E-state index in [4.69, 9.17) is 9.84 Å². The Morgan fingerprint density at radius 2 is 2.05 bits per heavy atom. The van der Waals surface area contributed by atoms with Gasteiger partial charge in [-0.05, 0) is 32.4 Å². The van der Waals surface area contributed by atoms with Gasteiger partial charge < -0.3 is 20.5 Å². The highest BCUT2D eigenvalue weighted by atomic mass is 16.5. The molecule has 3 N–H and O–H groups in total. The van der Waals surface area contributed by atoms with Crippen molar-refractivity contribution < 1.29 is 14.6 Å². The fourth-order valence-corrected chi connectivity index (χ4v) is 1.76. The Hall–Kier alpha value is -1.59. The Balaban J connectivity index is 2.43. The zero-order valence-electron chi connectivity index (χ0n) is 12.2. The molecule has 0 heterocycles. The van der Waals surface area contributed by atoms with Crippen LogP contribution >= 0.6 is 0 Å². The van der Waals surface area contributed by atoms with E-state index in [9.17, 15) is 4.79 Å². The lowest BCUT2D eigenvalue weighted by atomic mass is 10.1. The molecule has 0 unspecified atom stereocenters. The summed E-state index contributed by atoms with van der Waals surface area (Å²) in [5.74, 6) is -0.0871. The predicted octanol–water partition coefficient (Wildman–Crippen LogP) is 1.64. The van der Waals surface area contributed by atoms with E-state index in [0.29, 0.717) is 25.3 Å². The lowest BCUT2D eigenvalue weighted by Gasteiger charge is -2.14. The van der Waals surface area contributed by atoms with Crippen molar-refractivity contribution in [2.24, 2.45) is 0 Å². The molecule has 0 fully saturated rings. The van der Waals surface area contributed by atoms with Gasteiger partial charge in [-0.1, -0.05) is 12.1 Å². The van der Waals surface area contributed by atoms with Crippen LogP contribution in [0.1, 0.15) is 30.6 Å². The van der Waals surface area contributed by atoms with Crippen LogP contribution in [0.25, 0.3) is 0 Å². The molecule has 1 rings (SSSR count). The third kappa shape index (κ3) is 6.04. The van der Waals surface area contributed by atoms with Crippen molar-refractivity contribution >= 4 is 11.6 Å². The summed E-state index contributed by atoms with van der Waals surface area (Å²) in [5, 5.41) is 14.7. The Labute approximate surface area is 120 Å². The van der Waals surface area contributed by atoms with Crippen LogP contribution in [-0.4, -0.2) is 43.4 Å². The summed E-state index contributed by atoms with van der Waals surface area (Å²) < 4.78 is 5.13. The maximum absolute atomic E-state index is 12.1. The van der Waals surface area contributed by atoms with Gasteiger partial charge in [-0.15, -0.1) is 0 Å². The van der Waals surface area contributed by atoms with E-state index in [1.807, 2.05) is 38.1 Å². The molecule has 0 radical (unpaired) electrons. The highest BCUT2D eigenvalue weighted by molar-refractivity contribution is 5.99. The number of rotatable bonds is 9. The van der Waals surface area contributed by atoms with Gasteiger partial charge in [0.1, 0.15) is 0 Å². The fraction of sp³-hybridized carbons (Fsp3) is 0.533. The van der Waals surface area contributed by atoms with Crippen molar-refractivity contribution in [3.63, 3.8) is 0 Å². The standard InChI is InChI=1S/C15H24N2O3/c1-12(2)17-14-7-4-3-6-13(14)15(19)16-8-5-10-20-11-9-18/h3-4,6-7,12,17-18H,5,8-11H2,1-2H3,(H,16,19). The molecule has 0 saturated carbocycles. The van der Waals surface area contributed by atoms with Gasteiger partial charge in [-0.3, -0.25) is 4.79 Å². The van der Waals surface area contributed by atoms with Gasteiger partial charge in [0.15, 0.2) is 0 Å². The molecule has 20 heavy (non-hydrogen) atoms. The van der Waals surface area contributed by atoms with Crippen LogP contribution in [-0.2, 0) is 4.74 Å². The number of ether oxygens (including phenoxy) is 1. The Morgan fingerprint density at radius 3 is 2.75 bits per heavy atom. The minimum atomic E-state index is -0.0871. The number of carbonyl (C=O) groups is 1. The molecule has 112 valence electrons. The number of aliphatic hydroxyl groups excluding tert-OH is 1. The summed E-state index contributed by atoms with van der Waals surface area (Å²) in [5.41, 5.74) is 1.49. The molecule has 5 heteroatoms. The van der Waals surface area contributed by atoms with Gasteiger partial charge in [0.05, 0.1) is 18.8 Å². The number of nitrogens with one attached hydrogen (secondary N) is 2. The second kappa shape index (κ2) is 9.34. The Bertz CT molecular complexity index is 408. The summed E-state index contributed by atoms with van der Waals surface area (Å²) in [6, 6.07) is 7.74. The molecule has 0 aliphatic carbocycles. The predicted molar refractivity (Wildman–Crippen MR) is 80.1 cm³/mol. The first kappa shape index (κ1) is 16.5. The minimum Gasteiger partial charge on any atom is -0.394 e. The molecule has 0 aliphatic heterocycles. The summed E-state index contributed by atoms with van der Waals surface area (Å²) in [7, 11) is 0. The van der Waals surface area contributed by atoms with Crippen LogP contribution in [0.3, 0.4) is 0 Å².